The fraction of sp³-hybridized carbons (Fsp3) is 0.889. The van der Waals surface area contributed by atoms with Gasteiger partial charge < -0.3 is 9.47 Å². The Morgan fingerprint density at radius 1 is 1.46 bits per heavy atom. The fourth-order valence-electron chi connectivity index (χ4n) is 0.835. The Bertz CT molecular complexity index is 139. The summed E-state index contributed by atoms with van der Waals surface area (Å²) in [5.74, 6) is 1.74. The quantitative estimate of drug-likeness (QED) is 0.468. The van der Waals surface area contributed by atoms with Crippen molar-refractivity contribution in [2.75, 3.05) is 32.3 Å². The summed E-state index contributed by atoms with van der Waals surface area (Å²) in [6.45, 7) is 2.68. The first kappa shape index (κ1) is 12.8. The summed E-state index contributed by atoms with van der Waals surface area (Å²) in [5.41, 5.74) is 0. The minimum absolute atomic E-state index is 0.00227. The molecule has 3 nitrogen and oxygen atoms in total. The minimum Gasteiger partial charge on any atom is -0.469 e. The van der Waals surface area contributed by atoms with Crippen molar-refractivity contribution in [3.63, 3.8) is 0 Å². The average molecular weight is 206 g/mol. The highest BCUT2D eigenvalue weighted by molar-refractivity contribution is 7.99. The highest BCUT2D eigenvalue weighted by atomic mass is 32.2. The van der Waals surface area contributed by atoms with Gasteiger partial charge in [0, 0.05) is 19.5 Å². The van der Waals surface area contributed by atoms with E-state index in [1.165, 1.54) is 7.11 Å². The average Bonchev–Trinajstić information content (AvgIpc) is 2.16. The molecule has 13 heavy (non-hydrogen) atoms. The van der Waals surface area contributed by atoms with Crippen molar-refractivity contribution in [2.45, 2.75) is 13.3 Å². The molecule has 0 aliphatic heterocycles. The number of hydrogen-bond donors (Lipinski definition) is 0. The number of thioether (sulfide) groups is 1. The second-order valence-electron chi connectivity index (χ2n) is 2.85. The lowest BCUT2D eigenvalue weighted by molar-refractivity contribution is -0.143. The molecule has 0 fully saturated rings. The van der Waals surface area contributed by atoms with Gasteiger partial charge in [0.05, 0.1) is 13.0 Å². The van der Waals surface area contributed by atoms with Gasteiger partial charge in [-0.2, -0.15) is 11.8 Å². The zero-order valence-corrected chi connectivity index (χ0v) is 9.36. The molecule has 0 heterocycles. The maximum atomic E-state index is 11.0. The summed E-state index contributed by atoms with van der Waals surface area (Å²) in [6.07, 6.45) is 1.04. The number of carbonyl (C=O) groups excluding carboxylic acids is 1. The highest BCUT2D eigenvalue weighted by Crippen LogP contribution is 2.10. The van der Waals surface area contributed by atoms with E-state index in [9.17, 15) is 4.79 Å². The van der Waals surface area contributed by atoms with Crippen LogP contribution < -0.4 is 0 Å². The molecular formula is C9H18O3S. The maximum Gasteiger partial charge on any atom is 0.309 e. The largest absolute Gasteiger partial charge is 0.469 e. The van der Waals surface area contributed by atoms with Gasteiger partial charge in [-0.1, -0.05) is 6.92 Å². The second-order valence-corrected chi connectivity index (χ2v) is 4.00. The molecule has 1 unspecified atom stereocenters. The van der Waals surface area contributed by atoms with Crippen molar-refractivity contribution in [3.8, 4) is 0 Å². The molecule has 0 rings (SSSR count). The number of rotatable bonds is 7. The Kier molecular flexibility index (Phi) is 8.24. The van der Waals surface area contributed by atoms with Crippen LogP contribution in [0.5, 0.6) is 0 Å². The molecule has 78 valence electrons. The maximum absolute atomic E-state index is 11.0. The van der Waals surface area contributed by atoms with E-state index in [2.05, 4.69) is 4.74 Å². The predicted molar refractivity (Wildman–Crippen MR) is 55.0 cm³/mol. The van der Waals surface area contributed by atoms with Crippen molar-refractivity contribution < 1.29 is 14.3 Å². The smallest absolute Gasteiger partial charge is 0.309 e. The van der Waals surface area contributed by atoms with Crippen LogP contribution >= 0.6 is 11.8 Å². The third kappa shape index (κ3) is 6.90. The number of carbonyl (C=O) groups is 1. The SMILES string of the molecule is COCCCSCC(C)C(=O)OC. The molecule has 0 aliphatic rings. The molecule has 1 atom stereocenters. The van der Waals surface area contributed by atoms with Gasteiger partial charge in [0.25, 0.3) is 0 Å². The number of hydrogen-bond acceptors (Lipinski definition) is 4. The van der Waals surface area contributed by atoms with E-state index >= 15 is 0 Å². The molecule has 0 spiro atoms. The van der Waals surface area contributed by atoms with Crippen LogP contribution in [0.4, 0.5) is 0 Å². The Labute approximate surface area is 84.2 Å². The Morgan fingerprint density at radius 3 is 2.69 bits per heavy atom. The van der Waals surface area contributed by atoms with Gasteiger partial charge in [-0.15, -0.1) is 0 Å². The van der Waals surface area contributed by atoms with E-state index in [0.29, 0.717) is 0 Å². The molecular weight excluding hydrogens is 188 g/mol. The van der Waals surface area contributed by atoms with E-state index in [1.807, 2.05) is 6.92 Å². The summed E-state index contributed by atoms with van der Waals surface area (Å²) in [7, 11) is 3.12. The van der Waals surface area contributed by atoms with Crippen molar-refractivity contribution in [3.05, 3.63) is 0 Å². The van der Waals surface area contributed by atoms with Crippen LogP contribution in [0, 0.1) is 5.92 Å². The Morgan fingerprint density at radius 2 is 2.15 bits per heavy atom. The van der Waals surface area contributed by atoms with E-state index in [-0.39, 0.29) is 11.9 Å². The summed E-state index contributed by atoms with van der Waals surface area (Å²) >= 11 is 1.76. The summed E-state index contributed by atoms with van der Waals surface area (Å²) in [6, 6.07) is 0. The number of methoxy groups -OCH3 is 2. The summed E-state index contributed by atoms with van der Waals surface area (Å²) in [4.78, 5) is 11.0. The molecule has 0 aromatic rings. The molecule has 0 aromatic heterocycles. The van der Waals surface area contributed by atoms with Gasteiger partial charge in [0.15, 0.2) is 0 Å². The predicted octanol–water partition coefficient (Wildman–Crippen LogP) is 1.57. The third-order valence-corrected chi connectivity index (χ3v) is 2.92. The normalized spacial score (nSPS) is 12.5. The van der Waals surface area contributed by atoms with Crippen LogP contribution in [0.2, 0.25) is 0 Å². The first-order valence-electron chi connectivity index (χ1n) is 4.37. The van der Waals surface area contributed by atoms with E-state index in [0.717, 1.165) is 24.5 Å². The van der Waals surface area contributed by atoms with Crippen LogP contribution in [0.1, 0.15) is 13.3 Å². The summed E-state index contributed by atoms with van der Waals surface area (Å²) < 4.78 is 9.53. The molecule has 0 aliphatic carbocycles. The topological polar surface area (TPSA) is 35.5 Å². The van der Waals surface area contributed by atoms with Crippen LogP contribution in [-0.2, 0) is 14.3 Å². The Hall–Kier alpha value is -0.220. The van der Waals surface area contributed by atoms with E-state index in [1.54, 1.807) is 18.9 Å². The molecule has 0 amide bonds. The van der Waals surface area contributed by atoms with Gasteiger partial charge in [0.2, 0.25) is 0 Å². The lowest BCUT2D eigenvalue weighted by Gasteiger charge is -2.07. The summed E-state index contributed by atoms with van der Waals surface area (Å²) in [5, 5.41) is 0. The standard InChI is InChI=1S/C9H18O3S/c1-8(9(10)12-3)7-13-6-4-5-11-2/h8H,4-7H2,1-3H3. The number of esters is 1. The molecule has 0 radical (unpaired) electrons. The molecule has 0 saturated heterocycles. The van der Waals surface area contributed by atoms with Gasteiger partial charge in [-0.05, 0) is 12.2 Å². The lowest BCUT2D eigenvalue weighted by atomic mass is 10.2. The van der Waals surface area contributed by atoms with Gasteiger partial charge in [0.1, 0.15) is 0 Å². The van der Waals surface area contributed by atoms with Crippen molar-refractivity contribution in [2.24, 2.45) is 5.92 Å². The molecule has 0 N–H and O–H groups in total. The van der Waals surface area contributed by atoms with Crippen LogP contribution in [0.25, 0.3) is 0 Å². The number of ether oxygens (including phenoxy) is 2. The zero-order valence-electron chi connectivity index (χ0n) is 8.54. The van der Waals surface area contributed by atoms with Gasteiger partial charge in [-0.3, -0.25) is 4.79 Å². The van der Waals surface area contributed by atoms with Crippen LogP contribution in [0.3, 0.4) is 0 Å². The monoisotopic (exact) mass is 206 g/mol. The third-order valence-electron chi connectivity index (χ3n) is 1.61. The van der Waals surface area contributed by atoms with E-state index < -0.39 is 0 Å². The Balaban J connectivity index is 3.26. The van der Waals surface area contributed by atoms with Gasteiger partial charge in [-0.25, -0.2) is 0 Å². The zero-order chi connectivity index (χ0) is 10.1. The molecule has 0 bridgehead atoms. The van der Waals surface area contributed by atoms with E-state index in [4.69, 9.17) is 4.74 Å². The van der Waals surface area contributed by atoms with Gasteiger partial charge >= 0.3 is 5.97 Å². The first-order chi connectivity index (χ1) is 6.22. The molecule has 0 saturated carbocycles. The molecule has 0 aromatic carbocycles. The first-order valence-corrected chi connectivity index (χ1v) is 5.52. The lowest BCUT2D eigenvalue weighted by Crippen LogP contribution is -2.15. The van der Waals surface area contributed by atoms with Crippen LogP contribution in [-0.4, -0.2) is 38.3 Å². The second kappa shape index (κ2) is 8.38. The van der Waals surface area contributed by atoms with Crippen molar-refractivity contribution in [1.29, 1.82) is 0 Å². The van der Waals surface area contributed by atoms with Crippen LogP contribution in [0.15, 0.2) is 0 Å². The van der Waals surface area contributed by atoms with Crippen molar-refractivity contribution in [1.82, 2.24) is 0 Å². The van der Waals surface area contributed by atoms with Crippen molar-refractivity contribution >= 4 is 17.7 Å². The fourth-order valence-corrected chi connectivity index (χ4v) is 1.81. The molecule has 4 heteroatoms. The minimum atomic E-state index is -0.126. The highest BCUT2D eigenvalue weighted by Gasteiger charge is 2.11.